The summed E-state index contributed by atoms with van der Waals surface area (Å²) in [5.74, 6) is 0.653. The zero-order chi connectivity index (χ0) is 13.0. The highest BCUT2D eigenvalue weighted by molar-refractivity contribution is 5.32. The summed E-state index contributed by atoms with van der Waals surface area (Å²) in [5.41, 5.74) is 1.31. The molecule has 2 rings (SSSR count). The number of ether oxygens (including phenoxy) is 1. The first kappa shape index (κ1) is 12.3. The molecule has 0 saturated carbocycles. The minimum absolute atomic E-state index is 0.147. The van der Waals surface area contributed by atoms with Gasteiger partial charge in [0, 0.05) is 24.4 Å². The van der Waals surface area contributed by atoms with E-state index < -0.39 is 0 Å². The number of halogens is 1. The van der Waals surface area contributed by atoms with E-state index in [1.165, 1.54) is 6.07 Å². The molecule has 5 heteroatoms. The fourth-order valence-corrected chi connectivity index (χ4v) is 1.45. The second-order valence-electron chi connectivity index (χ2n) is 3.81. The van der Waals surface area contributed by atoms with Gasteiger partial charge in [-0.2, -0.15) is 4.98 Å². The second-order valence-corrected chi connectivity index (χ2v) is 3.81. The molecule has 0 aliphatic carbocycles. The first-order valence-electron chi connectivity index (χ1n) is 5.58. The Hall–Kier alpha value is -2.17. The molecule has 1 N–H and O–H groups in total. The quantitative estimate of drug-likeness (QED) is 0.902. The molecule has 4 nitrogen and oxygen atoms in total. The van der Waals surface area contributed by atoms with Crippen molar-refractivity contribution in [3.05, 3.63) is 47.4 Å². The lowest BCUT2D eigenvalue weighted by Crippen LogP contribution is -2.04. The molecular formula is C13H14FN3O. The highest BCUT2D eigenvalue weighted by atomic mass is 19.1. The summed E-state index contributed by atoms with van der Waals surface area (Å²) in [6, 6.07) is 6.51. The number of anilines is 1. The summed E-state index contributed by atoms with van der Waals surface area (Å²) in [5, 5.41) is 2.83. The maximum absolute atomic E-state index is 13.4. The van der Waals surface area contributed by atoms with Gasteiger partial charge in [-0.3, -0.25) is 0 Å². The van der Waals surface area contributed by atoms with Crippen molar-refractivity contribution in [2.24, 2.45) is 0 Å². The predicted molar refractivity (Wildman–Crippen MR) is 67.0 cm³/mol. The van der Waals surface area contributed by atoms with Gasteiger partial charge in [-0.15, -0.1) is 0 Å². The van der Waals surface area contributed by atoms with Gasteiger partial charge >= 0.3 is 0 Å². The third kappa shape index (κ3) is 2.74. The number of nitrogens with zero attached hydrogens (tertiary/aromatic N) is 2. The lowest BCUT2D eigenvalue weighted by molar-refractivity contribution is 0.285. The number of hydrogen-bond donors (Lipinski definition) is 1. The van der Waals surface area contributed by atoms with E-state index in [4.69, 9.17) is 4.74 Å². The van der Waals surface area contributed by atoms with Crippen LogP contribution in [0.25, 0.3) is 0 Å². The Bertz CT molecular complexity index is 546. The van der Waals surface area contributed by atoms with Crippen LogP contribution in [0.15, 0.2) is 30.5 Å². The van der Waals surface area contributed by atoms with E-state index in [0.717, 1.165) is 5.56 Å². The molecule has 2 aromatic rings. The summed E-state index contributed by atoms with van der Waals surface area (Å²) in [6.07, 6.45) is 1.66. The SMILES string of the molecule is CNc1ncc(C)c(OCc2ccccc2F)n1. The zero-order valence-corrected chi connectivity index (χ0v) is 10.3. The average Bonchev–Trinajstić information content (AvgIpc) is 2.39. The lowest BCUT2D eigenvalue weighted by atomic mass is 10.2. The monoisotopic (exact) mass is 247 g/mol. The molecule has 0 bridgehead atoms. The van der Waals surface area contributed by atoms with Crippen LogP contribution in [0.1, 0.15) is 11.1 Å². The molecule has 0 aliphatic heterocycles. The van der Waals surface area contributed by atoms with Crippen LogP contribution in [0.3, 0.4) is 0 Å². The first-order chi connectivity index (χ1) is 8.70. The summed E-state index contributed by atoms with van der Waals surface area (Å²) in [4.78, 5) is 8.22. The van der Waals surface area contributed by atoms with E-state index in [1.807, 2.05) is 6.92 Å². The second kappa shape index (κ2) is 5.44. The van der Waals surface area contributed by atoms with Crippen LogP contribution in [0, 0.1) is 12.7 Å². The molecule has 0 aliphatic rings. The van der Waals surface area contributed by atoms with Crippen molar-refractivity contribution in [1.82, 2.24) is 9.97 Å². The molecule has 0 unspecified atom stereocenters. The van der Waals surface area contributed by atoms with Crippen LogP contribution in [0.2, 0.25) is 0 Å². The third-order valence-corrected chi connectivity index (χ3v) is 2.47. The van der Waals surface area contributed by atoms with Gasteiger partial charge in [0.1, 0.15) is 12.4 Å². The molecule has 0 fully saturated rings. The van der Waals surface area contributed by atoms with Crippen LogP contribution >= 0.6 is 0 Å². The van der Waals surface area contributed by atoms with Crippen molar-refractivity contribution < 1.29 is 9.13 Å². The van der Waals surface area contributed by atoms with Crippen LogP contribution in [0.5, 0.6) is 5.88 Å². The third-order valence-electron chi connectivity index (χ3n) is 2.47. The van der Waals surface area contributed by atoms with Crippen molar-refractivity contribution in [3.63, 3.8) is 0 Å². The Balaban J connectivity index is 2.13. The summed E-state index contributed by atoms with van der Waals surface area (Å²) in [7, 11) is 1.73. The number of nitrogens with one attached hydrogen (secondary N) is 1. The van der Waals surface area contributed by atoms with Gasteiger partial charge in [0.25, 0.3) is 0 Å². The Kier molecular flexibility index (Phi) is 3.72. The van der Waals surface area contributed by atoms with Crippen molar-refractivity contribution >= 4 is 5.95 Å². The van der Waals surface area contributed by atoms with E-state index in [9.17, 15) is 4.39 Å². The molecule has 18 heavy (non-hydrogen) atoms. The summed E-state index contributed by atoms with van der Waals surface area (Å²) < 4.78 is 18.9. The number of benzene rings is 1. The van der Waals surface area contributed by atoms with E-state index in [1.54, 1.807) is 31.4 Å². The Labute approximate surface area is 105 Å². The minimum atomic E-state index is -0.280. The lowest BCUT2D eigenvalue weighted by Gasteiger charge is -2.09. The van der Waals surface area contributed by atoms with Crippen LogP contribution in [-0.4, -0.2) is 17.0 Å². The fourth-order valence-electron chi connectivity index (χ4n) is 1.45. The van der Waals surface area contributed by atoms with Crippen LogP contribution < -0.4 is 10.1 Å². The summed E-state index contributed by atoms with van der Waals surface area (Å²) in [6.45, 7) is 1.99. The van der Waals surface area contributed by atoms with Gasteiger partial charge in [0.15, 0.2) is 0 Å². The van der Waals surface area contributed by atoms with Gasteiger partial charge in [-0.05, 0) is 13.0 Å². The number of aromatic nitrogens is 2. The normalized spacial score (nSPS) is 10.2. The molecular weight excluding hydrogens is 233 g/mol. The van der Waals surface area contributed by atoms with E-state index in [2.05, 4.69) is 15.3 Å². The molecule has 0 radical (unpaired) electrons. The maximum Gasteiger partial charge on any atom is 0.225 e. The van der Waals surface area contributed by atoms with Crippen molar-refractivity contribution in [2.75, 3.05) is 12.4 Å². The standard InChI is InChI=1S/C13H14FN3O/c1-9-7-16-13(15-2)17-12(9)18-8-10-5-3-4-6-11(10)14/h3-7H,8H2,1-2H3,(H,15,16,17). The molecule has 0 atom stereocenters. The number of rotatable bonds is 4. The van der Waals surface area contributed by atoms with Crippen molar-refractivity contribution in [1.29, 1.82) is 0 Å². The Morgan fingerprint density at radius 2 is 2.11 bits per heavy atom. The number of aryl methyl sites for hydroxylation is 1. The minimum Gasteiger partial charge on any atom is -0.472 e. The molecule has 0 spiro atoms. The van der Waals surface area contributed by atoms with Gasteiger partial charge < -0.3 is 10.1 Å². The highest BCUT2D eigenvalue weighted by Crippen LogP contribution is 2.17. The molecule has 94 valence electrons. The predicted octanol–water partition coefficient (Wildman–Crippen LogP) is 2.54. The van der Waals surface area contributed by atoms with E-state index in [0.29, 0.717) is 17.4 Å². The van der Waals surface area contributed by atoms with Crippen molar-refractivity contribution in [3.8, 4) is 5.88 Å². The molecule has 1 heterocycles. The fraction of sp³-hybridized carbons (Fsp3) is 0.231. The highest BCUT2D eigenvalue weighted by Gasteiger charge is 2.06. The molecule has 0 saturated heterocycles. The van der Waals surface area contributed by atoms with E-state index >= 15 is 0 Å². The average molecular weight is 247 g/mol. The smallest absolute Gasteiger partial charge is 0.225 e. The largest absolute Gasteiger partial charge is 0.472 e. The molecule has 1 aromatic heterocycles. The Morgan fingerprint density at radius 1 is 1.33 bits per heavy atom. The molecule has 0 amide bonds. The van der Waals surface area contributed by atoms with E-state index in [-0.39, 0.29) is 12.4 Å². The van der Waals surface area contributed by atoms with Crippen molar-refractivity contribution in [2.45, 2.75) is 13.5 Å². The maximum atomic E-state index is 13.4. The van der Waals surface area contributed by atoms with Crippen LogP contribution in [-0.2, 0) is 6.61 Å². The molecule has 1 aromatic carbocycles. The zero-order valence-electron chi connectivity index (χ0n) is 10.3. The summed E-state index contributed by atoms with van der Waals surface area (Å²) >= 11 is 0. The first-order valence-corrected chi connectivity index (χ1v) is 5.58. The van der Waals surface area contributed by atoms with Gasteiger partial charge in [0.2, 0.25) is 11.8 Å². The Morgan fingerprint density at radius 3 is 2.83 bits per heavy atom. The number of hydrogen-bond acceptors (Lipinski definition) is 4. The van der Waals surface area contributed by atoms with Crippen LogP contribution in [0.4, 0.5) is 10.3 Å². The van der Waals surface area contributed by atoms with Gasteiger partial charge in [-0.1, -0.05) is 18.2 Å². The van der Waals surface area contributed by atoms with Gasteiger partial charge in [-0.25, -0.2) is 9.37 Å². The van der Waals surface area contributed by atoms with Gasteiger partial charge in [0.05, 0.1) is 0 Å². The topological polar surface area (TPSA) is 47.0 Å².